The van der Waals surface area contributed by atoms with Crippen LogP contribution < -0.4 is 5.56 Å². The highest BCUT2D eigenvalue weighted by Gasteiger charge is 2.06. The molecule has 0 saturated carbocycles. The van der Waals surface area contributed by atoms with Crippen LogP contribution in [0.3, 0.4) is 0 Å². The summed E-state index contributed by atoms with van der Waals surface area (Å²) in [6.45, 7) is 0. The van der Waals surface area contributed by atoms with Crippen LogP contribution in [0.4, 0.5) is 4.39 Å². The second-order valence-corrected chi connectivity index (χ2v) is 4.79. The molecule has 2 nitrogen and oxygen atoms in total. The lowest BCUT2D eigenvalue weighted by atomic mass is 10.2. The Morgan fingerprint density at radius 1 is 1.12 bits per heavy atom. The molecule has 3 aromatic rings. The number of hydrogen-bond donors (Lipinski definition) is 1. The summed E-state index contributed by atoms with van der Waals surface area (Å²) in [5, 5.41) is 0.678. The van der Waals surface area contributed by atoms with E-state index in [2.05, 4.69) is 4.98 Å². The third-order valence-electron chi connectivity index (χ3n) is 2.58. The lowest BCUT2D eigenvalue weighted by molar-refractivity contribution is 0.628. The van der Waals surface area contributed by atoms with E-state index in [0.29, 0.717) is 5.39 Å². The zero-order valence-electron chi connectivity index (χ0n) is 8.74. The SMILES string of the molecule is O=c1[nH]ccc2sc(-c3ccc(F)cc3)cc12. The van der Waals surface area contributed by atoms with Crippen LogP contribution in [0.1, 0.15) is 0 Å². The second-order valence-electron chi connectivity index (χ2n) is 3.70. The highest BCUT2D eigenvalue weighted by molar-refractivity contribution is 7.22. The second kappa shape index (κ2) is 3.82. The smallest absolute Gasteiger partial charge is 0.256 e. The Balaban J connectivity index is 2.21. The monoisotopic (exact) mass is 245 g/mol. The fourth-order valence-electron chi connectivity index (χ4n) is 1.73. The van der Waals surface area contributed by atoms with E-state index in [0.717, 1.165) is 15.1 Å². The standard InChI is InChI=1S/C13H8FNOS/c14-9-3-1-8(2-4-9)12-7-10-11(17-12)5-6-15-13(10)16/h1-7H,(H,15,16). The molecule has 84 valence electrons. The number of H-pyrrole nitrogens is 1. The van der Waals surface area contributed by atoms with Crippen molar-refractivity contribution in [3.05, 3.63) is 58.8 Å². The number of halogens is 1. The third kappa shape index (κ3) is 1.76. The predicted octanol–water partition coefficient (Wildman–Crippen LogP) is 3.40. The van der Waals surface area contributed by atoms with Crippen LogP contribution in [0.2, 0.25) is 0 Å². The van der Waals surface area contributed by atoms with Crippen molar-refractivity contribution in [3.63, 3.8) is 0 Å². The molecule has 0 amide bonds. The number of aromatic nitrogens is 1. The van der Waals surface area contributed by atoms with Crippen molar-refractivity contribution in [2.75, 3.05) is 0 Å². The molecule has 0 bridgehead atoms. The Hall–Kier alpha value is -1.94. The number of benzene rings is 1. The van der Waals surface area contributed by atoms with E-state index < -0.39 is 0 Å². The normalized spacial score (nSPS) is 10.9. The molecule has 1 aromatic carbocycles. The minimum Gasteiger partial charge on any atom is -0.329 e. The summed E-state index contributed by atoms with van der Waals surface area (Å²) in [7, 11) is 0. The van der Waals surface area contributed by atoms with Crippen molar-refractivity contribution in [1.29, 1.82) is 0 Å². The summed E-state index contributed by atoms with van der Waals surface area (Å²) in [6.07, 6.45) is 1.63. The lowest BCUT2D eigenvalue weighted by Crippen LogP contribution is -2.01. The molecular weight excluding hydrogens is 237 g/mol. The van der Waals surface area contributed by atoms with Gasteiger partial charge in [0.05, 0.1) is 5.39 Å². The maximum absolute atomic E-state index is 12.8. The first-order chi connectivity index (χ1) is 8.24. The molecule has 0 radical (unpaired) electrons. The van der Waals surface area contributed by atoms with Crippen molar-refractivity contribution in [2.24, 2.45) is 0 Å². The maximum Gasteiger partial charge on any atom is 0.256 e. The predicted molar refractivity (Wildman–Crippen MR) is 67.8 cm³/mol. The summed E-state index contributed by atoms with van der Waals surface area (Å²) in [4.78, 5) is 15.2. The van der Waals surface area contributed by atoms with Crippen LogP contribution >= 0.6 is 11.3 Å². The number of pyridine rings is 1. The van der Waals surface area contributed by atoms with Gasteiger partial charge in [-0.2, -0.15) is 0 Å². The summed E-state index contributed by atoms with van der Waals surface area (Å²) in [5.74, 6) is -0.257. The van der Waals surface area contributed by atoms with Crippen molar-refractivity contribution >= 4 is 21.4 Å². The molecule has 2 heterocycles. The maximum atomic E-state index is 12.8. The fraction of sp³-hybridized carbons (Fsp3) is 0. The Bertz CT molecular complexity index is 727. The van der Waals surface area contributed by atoms with Gasteiger partial charge in [0.25, 0.3) is 5.56 Å². The molecule has 1 N–H and O–H groups in total. The molecule has 0 aliphatic carbocycles. The van der Waals surface area contributed by atoms with Crippen LogP contribution in [0.15, 0.2) is 47.4 Å². The number of hydrogen-bond acceptors (Lipinski definition) is 2. The van der Waals surface area contributed by atoms with Gasteiger partial charge >= 0.3 is 0 Å². The van der Waals surface area contributed by atoms with Crippen molar-refractivity contribution in [1.82, 2.24) is 4.98 Å². The van der Waals surface area contributed by atoms with E-state index in [-0.39, 0.29) is 11.4 Å². The van der Waals surface area contributed by atoms with E-state index in [1.165, 1.54) is 23.5 Å². The van der Waals surface area contributed by atoms with Crippen LogP contribution in [-0.2, 0) is 0 Å². The van der Waals surface area contributed by atoms with Gasteiger partial charge in [-0.05, 0) is 29.8 Å². The van der Waals surface area contributed by atoms with E-state index in [1.54, 1.807) is 18.3 Å². The summed E-state index contributed by atoms with van der Waals surface area (Å²) < 4.78 is 13.8. The highest BCUT2D eigenvalue weighted by Crippen LogP contribution is 2.31. The first-order valence-electron chi connectivity index (χ1n) is 5.11. The quantitative estimate of drug-likeness (QED) is 0.700. The Morgan fingerprint density at radius 3 is 2.59 bits per heavy atom. The van der Waals surface area contributed by atoms with Crippen LogP contribution in [0.5, 0.6) is 0 Å². The van der Waals surface area contributed by atoms with E-state index in [9.17, 15) is 9.18 Å². The molecule has 0 aliphatic heterocycles. The molecule has 0 aliphatic rings. The van der Waals surface area contributed by atoms with Gasteiger partial charge in [-0.1, -0.05) is 12.1 Å². The first-order valence-corrected chi connectivity index (χ1v) is 5.93. The molecule has 17 heavy (non-hydrogen) atoms. The molecule has 2 aromatic heterocycles. The molecule has 0 spiro atoms. The van der Waals surface area contributed by atoms with Crippen molar-refractivity contribution in [3.8, 4) is 10.4 Å². The van der Waals surface area contributed by atoms with Gasteiger partial charge in [-0.25, -0.2) is 4.39 Å². The summed E-state index contributed by atoms with van der Waals surface area (Å²) in [6, 6.07) is 9.98. The highest BCUT2D eigenvalue weighted by atomic mass is 32.1. The molecular formula is C13H8FNOS. The average Bonchev–Trinajstić information content (AvgIpc) is 2.75. The molecule has 0 unspecified atom stereocenters. The van der Waals surface area contributed by atoms with Gasteiger partial charge in [-0.3, -0.25) is 4.79 Å². The molecule has 4 heteroatoms. The molecule has 0 atom stereocenters. The minimum absolute atomic E-state index is 0.0906. The first kappa shape index (κ1) is 10.2. The van der Waals surface area contributed by atoms with Crippen LogP contribution in [-0.4, -0.2) is 4.98 Å². The number of fused-ring (bicyclic) bond motifs is 1. The fourth-order valence-corrected chi connectivity index (χ4v) is 2.80. The Morgan fingerprint density at radius 2 is 1.88 bits per heavy atom. The Labute approximate surface area is 100 Å². The molecule has 0 saturated heterocycles. The number of rotatable bonds is 1. The van der Waals surface area contributed by atoms with Gasteiger partial charge in [0.2, 0.25) is 0 Å². The minimum atomic E-state index is -0.257. The summed E-state index contributed by atoms with van der Waals surface area (Å²) >= 11 is 1.53. The number of aromatic amines is 1. The van der Waals surface area contributed by atoms with Crippen LogP contribution in [0, 0.1) is 5.82 Å². The lowest BCUT2D eigenvalue weighted by Gasteiger charge is -1.95. The topological polar surface area (TPSA) is 32.9 Å². The molecule has 0 fully saturated rings. The van der Waals surface area contributed by atoms with E-state index in [4.69, 9.17) is 0 Å². The third-order valence-corrected chi connectivity index (χ3v) is 3.73. The van der Waals surface area contributed by atoms with Crippen molar-refractivity contribution < 1.29 is 4.39 Å². The Kier molecular flexibility index (Phi) is 2.30. The van der Waals surface area contributed by atoms with Gasteiger partial charge in [0.15, 0.2) is 0 Å². The van der Waals surface area contributed by atoms with Crippen LogP contribution in [0.25, 0.3) is 20.5 Å². The van der Waals surface area contributed by atoms with Gasteiger partial charge in [0.1, 0.15) is 5.82 Å². The zero-order chi connectivity index (χ0) is 11.8. The molecule has 3 rings (SSSR count). The van der Waals surface area contributed by atoms with Gasteiger partial charge < -0.3 is 4.98 Å². The van der Waals surface area contributed by atoms with Crippen molar-refractivity contribution in [2.45, 2.75) is 0 Å². The van der Waals surface area contributed by atoms with E-state index in [1.807, 2.05) is 12.1 Å². The zero-order valence-corrected chi connectivity index (χ0v) is 9.55. The summed E-state index contributed by atoms with van der Waals surface area (Å²) in [5.41, 5.74) is 0.833. The number of thiophene rings is 1. The van der Waals surface area contributed by atoms with Gasteiger partial charge in [0, 0.05) is 15.8 Å². The van der Waals surface area contributed by atoms with Gasteiger partial charge in [-0.15, -0.1) is 11.3 Å². The van der Waals surface area contributed by atoms with E-state index >= 15 is 0 Å². The average molecular weight is 245 g/mol. The number of nitrogens with one attached hydrogen (secondary N) is 1. The largest absolute Gasteiger partial charge is 0.329 e.